The number of anilines is 1. The number of benzene rings is 1. The third kappa shape index (κ3) is 5.03. The Bertz CT molecular complexity index is 692. The van der Waals surface area contributed by atoms with Gasteiger partial charge in [0, 0.05) is 13.0 Å². The summed E-state index contributed by atoms with van der Waals surface area (Å²) in [6.45, 7) is 4.12. The molecule has 1 aromatic heterocycles. The van der Waals surface area contributed by atoms with E-state index in [0.717, 1.165) is 43.7 Å². The van der Waals surface area contributed by atoms with Gasteiger partial charge in [0.1, 0.15) is 0 Å². The number of aromatic nitrogens is 3. The van der Waals surface area contributed by atoms with Gasteiger partial charge in [-0.25, -0.2) is 4.68 Å². The Balaban J connectivity index is 0.00000225. The van der Waals surface area contributed by atoms with Crippen molar-refractivity contribution >= 4 is 24.3 Å². The maximum absolute atomic E-state index is 12.3. The first-order valence-electron chi connectivity index (χ1n) is 8.65. The molecule has 0 unspecified atom stereocenters. The number of rotatable bonds is 5. The number of hydrogen-bond acceptors (Lipinski definition) is 4. The lowest BCUT2D eigenvalue weighted by atomic mass is 9.98. The van der Waals surface area contributed by atoms with Gasteiger partial charge in [-0.1, -0.05) is 31.2 Å². The molecular formula is C18H26ClN5O. The van der Waals surface area contributed by atoms with E-state index in [1.165, 1.54) is 5.56 Å². The number of halogens is 1. The molecule has 2 aromatic rings. The first-order valence-corrected chi connectivity index (χ1v) is 8.65. The number of piperidine rings is 1. The molecule has 7 heteroatoms. The summed E-state index contributed by atoms with van der Waals surface area (Å²) in [6.07, 6.45) is 3.44. The quantitative estimate of drug-likeness (QED) is 0.855. The monoisotopic (exact) mass is 363 g/mol. The molecule has 0 saturated carbocycles. The first kappa shape index (κ1) is 19.4. The molecular weight excluding hydrogens is 338 g/mol. The fraction of sp³-hybridized carbons (Fsp3) is 0.500. The normalized spacial score (nSPS) is 14.8. The highest BCUT2D eigenvalue weighted by molar-refractivity contribution is 5.90. The van der Waals surface area contributed by atoms with Crippen LogP contribution in [-0.2, 0) is 24.7 Å². The molecule has 1 aromatic carbocycles. The summed E-state index contributed by atoms with van der Waals surface area (Å²) >= 11 is 0. The predicted octanol–water partition coefficient (Wildman–Crippen LogP) is 2.45. The SMILES string of the molecule is CCc1ccc(CC(=O)Nc2nc(C3CCNCC3)nn2C)cc1.Cl. The van der Waals surface area contributed by atoms with Gasteiger partial charge in [-0.05, 0) is 43.5 Å². The van der Waals surface area contributed by atoms with Crippen LogP contribution in [0.5, 0.6) is 0 Å². The molecule has 3 rings (SSSR count). The number of amides is 1. The Hall–Kier alpha value is -1.92. The summed E-state index contributed by atoms with van der Waals surface area (Å²) in [7, 11) is 1.82. The van der Waals surface area contributed by atoms with Gasteiger partial charge in [-0.2, -0.15) is 10.1 Å². The largest absolute Gasteiger partial charge is 0.317 e. The van der Waals surface area contributed by atoms with Gasteiger partial charge in [0.2, 0.25) is 11.9 Å². The minimum Gasteiger partial charge on any atom is -0.317 e. The van der Waals surface area contributed by atoms with Crippen LogP contribution >= 0.6 is 12.4 Å². The van der Waals surface area contributed by atoms with Crippen molar-refractivity contribution < 1.29 is 4.79 Å². The van der Waals surface area contributed by atoms with Crippen molar-refractivity contribution in [1.82, 2.24) is 20.1 Å². The van der Waals surface area contributed by atoms with Gasteiger partial charge in [-0.3, -0.25) is 10.1 Å². The van der Waals surface area contributed by atoms with Crippen molar-refractivity contribution in [2.24, 2.45) is 7.05 Å². The summed E-state index contributed by atoms with van der Waals surface area (Å²) in [5, 5.41) is 10.7. The van der Waals surface area contributed by atoms with Gasteiger partial charge >= 0.3 is 0 Å². The second-order valence-electron chi connectivity index (χ2n) is 6.34. The molecule has 2 heterocycles. The van der Waals surface area contributed by atoms with Gasteiger partial charge in [0.25, 0.3) is 0 Å². The summed E-state index contributed by atoms with van der Waals surface area (Å²) in [5.74, 6) is 1.68. The summed E-state index contributed by atoms with van der Waals surface area (Å²) in [5.41, 5.74) is 2.28. The smallest absolute Gasteiger partial charge is 0.231 e. The van der Waals surface area contributed by atoms with E-state index >= 15 is 0 Å². The third-order valence-electron chi connectivity index (χ3n) is 4.53. The van der Waals surface area contributed by atoms with Crippen molar-refractivity contribution in [2.45, 2.75) is 38.5 Å². The molecule has 1 fully saturated rings. The van der Waals surface area contributed by atoms with Crippen LogP contribution < -0.4 is 10.6 Å². The zero-order chi connectivity index (χ0) is 16.9. The van der Waals surface area contributed by atoms with Crippen LogP contribution in [0.15, 0.2) is 24.3 Å². The Morgan fingerprint density at radius 1 is 1.24 bits per heavy atom. The lowest BCUT2D eigenvalue weighted by Gasteiger charge is -2.19. The third-order valence-corrected chi connectivity index (χ3v) is 4.53. The van der Waals surface area contributed by atoms with Crippen LogP contribution in [0.4, 0.5) is 5.95 Å². The molecule has 0 spiro atoms. The Labute approximate surface area is 154 Å². The predicted molar refractivity (Wildman–Crippen MR) is 101 cm³/mol. The second-order valence-corrected chi connectivity index (χ2v) is 6.34. The van der Waals surface area contributed by atoms with Crippen molar-refractivity contribution in [2.75, 3.05) is 18.4 Å². The summed E-state index contributed by atoms with van der Waals surface area (Å²) in [4.78, 5) is 16.8. The highest BCUT2D eigenvalue weighted by Gasteiger charge is 2.21. The van der Waals surface area contributed by atoms with Crippen LogP contribution in [0.3, 0.4) is 0 Å². The minimum atomic E-state index is -0.0633. The van der Waals surface area contributed by atoms with Crippen molar-refractivity contribution in [3.8, 4) is 0 Å². The van der Waals surface area contributed by atoms with E-state index in [9.17, 15) is 4.79 Å². The number of carbonyl (C=O) groups excluding carboxylic acids is 1. The molecule has 1 saturated heterocycles. The van der Waals surface area contributed by atoms with Crippen LogP contribution in [0.1, 0.15) is 42.6 Å². The molecule has 0 atom stereocenters. The van der Waals surface area contributed by atoms with E-state index in [1.807, 2.05) is 19.2 Å². The molecule has 0 radical (unpaired) electrons. The van der Waals surface area contributed by atoms with Crippen LogP contribution in [0, 0.1) is 0 Å². The number of hydrogen-bond donors (Lipinski definition) is 2. The number of nitrogens with one attached hydrogen (secondary N) is 2. The Kier molecular flexibility index (Phi) is 6.96. The molecule has 1 amide bonds. The van der Waals surface area contributed by atoms with E-state index in [-0.39, 0.29) is 18.3 Å². The lowest BCUT2D eigenvalue weighted by Crippen LogP contribution is -2.27. The number of aryl methyl sites for hydroxylation is 2. The minimum absolute atomic E-state index is 0. The topological polar surface area (TPSA) is 71.8 Å². The zero-order valence-electron chi connectivity index (χ0n) is 14.8. The Morgan fingerprint density at radius 2 is 1.88 bits per heavy atom. The average Bonchev–Trinajstić information content (AvgIpc) is 2.97. The average molecular weight is 364 g/mol. The second kappa shape index (κ2) is 8.97. The van der Waals surface area contributed by atoms with Crippen LogP contribution in [-0.4, -0.2) is 33.8 Å². The zero-order valence-corrected chi connectivity index (χ0v) is 15.6. The van der Waals surface area contributed by atoms with Gasteiger partial charge in [0.05, 0.1) is 6.42 Å². The van der Waals surface area contributed by atoms with Crippen LogP contribution in [0.2, 0.25) is 0 Å². The maximum atomic E-state index is 12.3. The highest BCUT2D eigenvalue weighted by Crippen LogP contribution is 2.23. The first-order chi connectivity index (χ1) is 11.7. The molecule has 0 bridgehead atoms. The Morgan fingerprint density at radius 3 is 2.52 bits per heavy atom. The summed E-state index contributed by atoms with van der Waals surface area (Å²) in [6, 6.07) is 8.16. The number of nitrogens with zero attached hydrogens (tertiary/aromatic N) is 3. The molecule has 1 aliphatic heterocycles. The van der Waals surface area contributed by atoms with Gasteiger partial charge in [-0.15, -0.1) is 12.4 Å². The molecule has 25 heavy (non-hydrogen) atoms. The van der Waals surface area contributed by atoms with E-state index in [0.29, 0.717) is 18.3 Å². The van der Waals surface area contributed by atoms with Crippen LogP contribution in [0.25, 0.3) is 0 Å². The fourth-order valence-corrected chi connectivity index (χ4v) is 3.01. The highest BCUT2D eigenvalue weighted by atomic mass is 35.5. The summed E-state index contributed by atoms with van der Waals surface area (Å²) < 4.78 is 1.66. The molecule has 1 aliphatic rings. The van der Waals surface area contributed by atoms with E-state index in [2.05, 4.69) is 39.8 Å². The van der Waals surface area contributed by atoms with E-state index in [1.54, 1.807) is 4.68 Å². The van der Waals surface area contributed by atoms with E-state index < -0.39 is 0 Å². The molecule has 0 aliphatic carbocycles. The lowest BCUT2D eigenvalue weighted by molar-refractivity contribution is -0.115. The maximum Gasteiger partial charge on any atom is 0.231 e. The molecule has 2 N–H and O–H groups in total. The fourth-order valence-electron chi connectivity index (χ4n) is 3.01. The van der Waals surface area contributed by atoms with E-state index in [4.69, 9.17) is 0 Å². The molecule has 6 nitrogen and oxygen atoms in total. The van der Waals surface area contributed by atoms with Crippen molar-refractivity contribution in [1.29, 1.82) is 0 Å². The van der Waals surface area contributed by atoms with Crippen molar-refractivity contribution in [3.05, 3.63) is 41.2 Å². The van der Waals surface area contributed by atoms with Gasteiger partial charge in [0.15, 0.2) is 5.82 Å². The molecule has 136 valence electrons. The number of carbonyl (C=O) groups is 1. The van der Waals surface area contributed by atoms with Gasteiger partial charge < -0.3 is 5.32 Å². The van der Waals surface area contributed by atoms with Crippen molar-refractivity contribution in [3.63, 3.8) is 0 Å². The standard InChI is InChI=1S/C18H25N5O.ClH/c1-3-13-4-6-14(7-5-13)12-16(24)20-18-21-17(22-23(18)2)15-8-10-19-11-9-15;/h4-7,15,19H,3,8-12H2,1-2H3,(H,20,21,22,24);1H.